The van der Waals surface area contributed by atoms with E-state index in [0.717, 1.165) is 42.1 Å². The number of fused-ring (bicyclic) bond motifs is 1. The summed E-state index contributed by atoms with van der Waals surface area (Å²) >= 11 is 6.17. The molecule has 0 spiro atoms. The number of carbonyl (C=O) groups is 1. The summed E-state index contributed by atoms with van der Waals surface area (Å²) in [6, 6.07) is 21.0. The van der Waals surface area contributed by atoms with Crippen LogP contribution in [0.2, 0.25) is 5.02 Å². The van der Waals surface area contributed by atoms with E-state index in [1.54, 1.807) is 4.52 Å². The Balaban J connectivity index is 1.36. The zero-order valence-corrected chi connectivity index (χ0v) is 18.6. The van der Waals surface area contributed by atoms with Gasteiger partial charge in [-0.05, 0) is 67.3 Å². The Morgan fingerprint density at radius 1 is 1.09 bits per heavy atom. The molecular weight excluding hydrogens is 422 g/mol. The van der Waals surface area contributed by atoms with E-state index in [9.17, 15) is 4.79 Å². The van der Waals surface area contributed by atoms with Crippen molar-refractivity contribution in [3.8, 4) is 11.3 Å². The summed E-state index contributed by atoms with van der Waals surface area (Å²) in [6.07, 6.45) is 2.26. The first-order valence-electron chi connectivity index (χ1n) is 10.8. The lowest BCUT2D eigenvalue weighted by Crippen LogP contribution is -2.39. The fourth-order valence-electron chi connectivity index (χ4n) is 4.21. The topological polar surface area (TPSA) is 62.5 Å². The lowest BCUT2D eigenvalue weighted by molar-refractivity contribution is 0.0683. The van der Waals surface area contributed by atoms with E-state index in [0.29, 0.717) is 22.5 Å². The van der Waals surface area contributed by atoms with Crippen LogP contribution in [-0.4, -0.2) is 38.5 Å². The van der Waals surface area contributed by atoms with Crippen LogP contribution in [0.25, 0.3) is 16.9 Å². The molecule has 7 heteroatoms. The van der Waals surface area contributed by atoms with E-state index in [4.69, 9.17) is 11.6 Å². The van der Waals surface area contributed by atoms with Gasteiger partial charge in [-0.15, -0.1) is 5.10 Å². The Morgan fingerprint density at radius 2 is 1.91 bits per heavy atom. The van der Waals surface area contributed by atoms with Crippen molar-refractivity contribution in [3.05, 3.63) is 77.3 Å². The van der Waals surface area contributed by atoms with Crippen LogP contribution >= 0.6 is 11.6 Å². The second kappa shape index (κ2) is 8.63. The lowest BCUT2D eigenvalue weighted by Gasteiger charge is -2.31. The summed E-state index contributed by atoms with van der Waals surface area (Å²) in [5.41, 5.74) is 4.14. The van der Waals surface area contributed by atoms with E-state index in [2.05, 4.69) is 22.3 Å². The molecule has 5 rings (SSSR count). The van der Waals surface area contributed by atoms with Gasteiger partial charge in [0.2, 0.25) is 5.95 Å². The Hall–Kier alpha value is -3.38. The normalized spacial score (nSPS) is 16.3. The SMILES string of the molecule is CC1CCCN(C(=O)c2ccc(Nc3nc4cccc(-c5cccc(Cl)c5)n4n3)cc2)C1. The van der Waals surface area contributed by atoms with Gasteiger partial charge in [-0.2, -0.15) is 4.98 Å². The first kappa shape index (κ1) is 20.5. The van der Waals surface area contributed by atoms with Crippen molar-refractivity contribution in [2.75, 3.05) is 18.4 Å². The van der Waals surface area contributed by atoms with Crippen molar-refractivity contribution in [2.45, 2.75) is 19.8 Å². The third-order valence-corrected chi connectivity index (χ3v) is 6.05. The largest absolute Gasteiger partial charge is 0.338 e. The number of amides is 1. The molecule has 1 atom stereocenters. The number of benzene rings is 2. The van der Waals surface area contributed by atoms with Crippen LogP contribution in [0.4, 0.5) is 11.6 Å². The Morgan fingerprint density at radius 3 is 2.69 bits per heavy atom. The predicted octanol–water partition coefficient (Wildman–Crippen LogP) is 5.67. The number of likely N-dealkylation sites (tertiary alicyclic amines) is 1. The zero-order chi connectivity index (χ0) is 22.1. The van der Waals surface area contributed by atoms with Gasteiger partial charge < -0.3 is 10.2 Å². The fraction of sp³-hybridized carbons (Fsp3) is 0.240. The standard InChI is InChI=1S/C25H24ClN5O/c1-17-5-4-14-30(16-17)24(32)18-10-12-21(13-11-18)27-25-28-23-9-3-8-22(31(23)29-25)19-6-2-7-20(26)15-19/h2-3,6-13,15,17H,4-5,14,16H2,1H3,(H,27,29). The highest BCUT2D eigenvalue weighted by atomic mass is 35.5. The maximum atomic E-state index is 12.8. The molecular formula is C25H24ClN5O. The molecule has 0 bridgehead atoms. The molecule has 3 heterocycles. The molecule has 162 valence electrons. The minimum Gasteiger partial charge on any atom is -0.338 e. The van der Waals surface area contributed by atoms with E-state index in [-0.39, 0.29) is 5.91 Å². The van der Waals surface area contributed by atoms with E-state index in [1.807, 2.05) is 71.6 Å². The number of nitrogens with zero attached hydrogens (tertiary/aromatic N) is 4. The number of piperidine rings is 1. The van der Waals surface area contributed by atoms with Gasteiger partial charge in [0.15, 0.2) is 5.65 Å². The van der Waals surface area contributed by atoms with Crippen molar-refractivity contribution in [1.82, 2.24) is 19.5 Å². The van der Waals surface area contributed by atoms with Crippen LogP contribution in [0.1, 0.15) is 30.1 Å². The Bertz CT molecular complexity index is 1270. The van der Waals surface area contributed by atoms with Crippen LogP contribution in [-0.2, 0) is 0 Å². The highest BCUT2D eigenvalue weighted by molar-refractivity contribution is 6.30. The lowest BCUT2D eigenvalue weighted by atomic mass is 9.99. The number of rotatable bonds is 4. The van der Waals surface area contributed by atoms with Gasteiger partial charge in [0.05, 0.1) is 5.69 Å². The summed E-state index contributed by atoms with van der Waals surface area (Å²) in [5.74, 6) is 1.15. The number of anilines is 2. The maximum Gasteiger partial charge on any atom is 0.253 e. The molecule has 6 nitrogen and oxygen atoms in total. The number of hydrogen-bond donors (Lipinski definition) is 1. The van der Waals surface area contributed by atoms with Crippen LogP contribution in [0, 0.1) is 5.92 Å². The second-order valence-electron chi connectivity index (χ2n) is 8.33. The zero-order valence-electron chi connectivity index (χ0n) is 17.8. The van der Waals surface area contributed by atoms with Crippen LogP contribution in [0.3, 0.4) is 0 Å². The van der Waals surface area contributed by atoms with E-state index < -0.39 is 0 Å². The van der Waals surface area contributed by atoms with Crippen molar-refractivity contribution in [1.29, 1.82) is 0 Å². The first-order valence-corrected chi connectivity index (χ1v) is 11.2. The molecule has 1 saturated heterocycles. The van der Waals surface area contributed by atoms with Crippen molar-refractivity contribution < 1.29 is 4.79 Å². The molecule has 0 aliphatic carbocycles. The van der Waals surface area contributed by atoms with Crippen molar-refractivity contribution in [2.24, 2.45) is 5.92 Å². The number of carbonyl (C=O) groups excluding carboxylic acids is 1. The Labute approximate surface area is 191 Å². The van der Waals surface area contributed by atoms with Gasteiger partial charge in [0.1, 0.15) is 0 Å². The number of halogens is 1. The summed E-state index contributed by atoms with van der Waals surface area (Å²) in [5, 5.41) is 8.54. The molecule has 2 aromatic heterocycles. The van der Waals surface area contributed by atoms with E-state index >= 15 is 0 Å². The summed E-state index contributed by atoms with van der Waals surface area (Å²) in [6.45, 7) is 3.87. The third kappa shape index (κ3) is 4.18. The maximum absolute atomic E-state index is 12.8. The number of nitrogens with one attached hydrogen (secondary N) is 1. The highest BCUT2D eigenvalue weighted by Gasteiger charge is 2.22. The van der Waals surface area contributed by atoms with Crippen LogP contribution in [0.5, 0.6) is 0 Å². The average Bonchev–Trinajstić information content (AvgIpc) is 3.21. The molecule has 1 aliphatic heterocycles. The molecule has 1 aliphatic rings. The molecule has 0 saturated carbocycles. The van der Waals surface area contributed by atoms with Gasteiger partial charge >= 0.3 is 0 Å². The van der Waals surface area contributed by atoms with E-state index in [1.165, 1.54) is 6.42 Å². The quantitative estimate of drug-likeness (QED) is 0.440. The molecule has 2 aromatic carbocycles. The third-order valence-electron chi connectivity index (χ3n) is 5.81. The van der Waals surface area contributed by atoms with Crippen molar-refractivity contribution in [3.63, 3.8) is 0 Å². The molecule has 1 fully saturated rings. The summed E-state index contributed by atoms with van der Waals surface area (Å²) in [4.78, 5) is 19.3. The van der Waals surface area contributed by atoms with Gasteiger partial charge in [-0.1, -0.05) is 36.7 Å². The molecule has 1 N–H and O–H groups in total. The molecule has 0 radical (unpaired) electrons. The molecule has 32 heavy (non-hydrogen) atoms. The van der Waals surface area contributed by atoms with Crippen molar-refractivity contribution >= 4 is 34.8 Å². The van der Waals surface area contributed by atoms with Gasteiger partial charge in [-0.3, -0.25) is 4.79 Å². The first-order chi connectivity index (χ1) is 15.6. The molecule has 4 aromatic rings. The number of aromatic nitrogens is 3. The molecule has 1 unspecified atom stereocenters. The summed E-state index contributed by atoms with van der Waals surface area (Å²) < 4.78 is 1.80. The smallest absolute Gasteiger partial charge is 0.253 e. The van der Waals surface area contributed by atoms with Crippen LogP contribution in [0.15, 0.2) is 66.7 Å². The highest BCUT2D eigenvalue weighted by Crippen LogP contribution is 2.25. The monoisotopic (exact) mass is 445 g/mol. The minimum atomic E-state index is 0.0973. The summed E-state index contributed by atoms with van der Waals surface area (Å²) in [7, 11) is 0. The Kier molecular flexibility index (Phi) is 5.53. The van der Waals surface area contributed by atoms with Crippen LogP contribution < -0.4 is 5.32 Å². The number of pyridine rings is 1. The van der Waals surface area contributed by atoms with Gasteiger partial charge in [0.25, 0.3) is 5.91 Å². The minimum absolute atomic E-state index is 0.0973. The average molecular weight is 446 g/mol. The predicted molar refractivity (Wildman–Crippen MR) is 127 cm³/mol. The molecule has 1 amide bonds. The van der Waals surface area contributed by atoms with Gasteiger partial charge in [0, 0.05) is 34.9 Å². The van der Waals surface area contributed by atoms with Gasteiger partial charge in [-0.25, -0.2) is 4.52 Å². The number of hydrogen-bond acceptors (Lipinski definition) is 4. The fourth-order valence-corrected chi connectivity index (χ4v) is 4.40. The second-order valence-corrected chi connectivity index (χ2v) is 8.76.